The van der Waals surface area contributed by atoms with Crippen molar-refractivity contribution >= 4 is 0 Å². The molecule has 0 radical (unpaired) electrons. The Balaban J connectivity index is 2.26. The van der Waals surface area contributed by atoms with E-state index in [2.05, 4.69) is 41.4 Å². The summed E-state index contributed by atoms with van der Waals surface area (Å²) in [6.07, 6.45) is 5.64. The number of hydrogen-bond donors (Lipinski definition) is 1. The SMILES string of the molecule is CN(C)CC1(c2ccccn2)CCCCN1. The van der Waals surface area contributed by atoms with E-state index in [1.807, 2.05) is 12.3 Å². The zero-order chi connectivity index (χ0) is 11.4. The second-order valence-electron chi connectivity index (χ2n) is 4.92. The van der Waals surface area contributed by atoms with Crippen LogP contribution in [0.2, 0.25) is 0 Å². The highest BCUT2D eigenvalue weighted by molar-refractivity contribution is 5.17. The van der Waals surface area contributed by atoms with Crippen LogP contribution in [0, 0.1) is 0 Å². The largest absolute Gasteiger partial charge is 0.307 e. The van der Waals surface area contributed by atoms with Gasteiger partial charge in [-0.3, -0.25) is 4.98 Å². The van der Waals surface area contributed by atoms with Crippen LogP contribution in [0.4, 0.5) is 0 Å². The number of nitrogens with zero attached hydrogens (tertiary/aromatic N) is 2. The molecule has 0 amide bonds. The van der Waals surface area contributed by atoms with Gasteiger partial charge < -0.3 is 10.2 Å². The van der Waals surface area contributed by atoms with Gasteiger partial charge in [0.2, 0.25) is 0 Å². The van der Waals surface area contributed by atoms with Crippen molar-refractivity contribution in [3.63, 3.8) is 0 Å². The molecule has 2 heterocycles. The average molecular weight is 219 g/mol. The summed E-state index contributed by atoms with van der Waals surface area (Å²) in [5.41, 5.74) is 1.24. The van der Waals surface area contributed by atoms with Gasteiger partial charge in [0.1, 0.15) is 0 Å². The first-order valence-corrected chi connectivity index (χ1v) is 6.04. The lowest BCUT2D eigenvalue weighted by Crippen LogP contribution is -2.52. The summed E-state index contributed by atoms with van der Waals surface area (Å²) >= 11 is 0. The maximum absolute atomic E-state index is 4.54. The van der Waals surface area contributed by atoms with Gasteiger partial charge in [-0.2, -0.15) is 0 Å². The van der Waals surface area contributed by atoms with Crippen LogP contribution in [0.15, 0.2) is 24.4 Å². The van der Waals surface area contributed by atoms with Crippen molar-refractivity contribution in [2.75, 3.05) is 27.2 Å². The van der Waals surface area contributed by atoms with Gasteiger partial charge in [-0.15, -0.1) is 0 Å². The number of piperidine rings is 1. The summed E-state index contributed by atoms with van der Waals surface area (Å²) in [4.78, 5) is 6.78. The Morgan fingerprint density at radius 1 is 1.38 bits per heavy atom. The second kappa shape index (κ2) is 4.93. The fourth-order valence-electron chi connectivity index (χ4n) is 2.59. The molecule has 3 nitrogen and oxygen atoms in total. The van der Waals surface area contributed by atoms with E-state index in [1.165, 1.54) is 25.0 Å². The molecule has 0 spiro atoms. The molecule has 3 heteroatoms. The predicted molar refractivity (Wildman–Crippen MR) is 66.3 cm³/mol. The fraction of sp³-hybridized carbons (Fsp3) is 0.615. The van der Waals surface area contributed by atoms with Crippen molar-refractivity contribution in [1.29, 1.82) is 0 Å². The van der Waals surface area contributed by atoms with Crippen LogP contribution >= 0.6 is 0 Å². The minimum atomic E-state index is 0.0585. The van der Waals surface area contributed by atoms with Crippen molar-refractivity contribution in [2.24, 2.45) is 0 Å². The molecule has 2 rings (SSSR count). The van der Waals surface area contributed by atoms with Gasteiger partial charge in [-0.05, 0) is 52.0 Å². The Kier molecular flexibility index (Phi) is 3.56. The molecule has 0 saturated carbocycles. The molecule has 1 atom stereocenters. The number of nitrogens with one attached hydrogen (secondary N) is 1. The first-order valence-electron chi connectivity index (χ1n) is 6.04. The van der Waals surface area contributed by atoms with Crippen LogP contribution in [0.1, 0.15) is 25.0 Å². The van der Waals surface area contributed by atoms with Gasteiger partial charge in [0.05, 0.1) is 11.2 Å². The van der Waals surface area contributed by atoms with Gasteiger partial charge in [-0.25, -0.2) is 0 Å². The number of rotatable bonds is 3. The first kappa shape index (κ1) is 11.6. The molecule has 0 aromatic carbocycles. The third kappa shape index (κ3) is 2.42. The zero-order valence-electron chi connectivity index (χ0n) is 10.2. The maximum atomic E-state index is 4.54. The van der Waals surface area contributed by atoms with Crippen LogP contribution < -0.4 is 5.32 Å². The Morgan fingerprint density at radius 3 is 2.81 bits per heavy atom. The van der Waals surface area contributed by atoms with Gasteiger partial charge >= 0.3 is 0 Å². The van der Waals surface area contributed by atoms with Crippen LogP contribution in [-0.4, -0.2) is 37.1 Å². The monoisotopic (exact) mass is 219 g/mol. The van der Waals surface area contributed by atoms with Crippen molar-refractivity contribution in [3.8, 4) is 0 Å². The van der Waals surface area contributed by atoms with Gasteiger partial charge in [-0.1, -0.05) is 6.07 Å². The Hall–Kier alpha value is -0.930. The number of aromatic nitrogens is 1. The van der Waals surface area contributed by atoms with Crippen molar-refractivity contribution in [2.45, 2.75) is 24.8 Å². The molecular formula is C13H21N3. The third-order valence-electron chi connectivity index (χ3n) is 3.24. The molecule has 0 bridgehead atoms. The lowest BCUT2D eigenvalue weighted by Gasteiger charge is -2.40. The summed E-state index contributed by atoms with van der Waals surface area (Å²) in [6.45, 7) is 2.12. The molecule has 16 heavy (non-hydrogen) atoms. The van der Waals surface area contributed by atoms with E-state index in [9.17, 15) is 0 Å². The maximum Gasteiger partial charge on any atom is 0.0737 e. The summed E-state index contributed by atoms with van der Waals surface area (Å²) in [5.74, 6) is 0. The number of likely N-dealkylation sites (N-methyl/N-ethyl adjacent to an activating group) is 1. The predicted octanol–water partition coefficient (Wildman–Crippen LogP) is 1.61. The van der Waals surface area contributed by atoms with Gasteiger partial charge in [0.15, 0.2) is 0 Å². The highest BCUT2D eigenvalue weighted by Crippen LogP contribution is 2.29. The summed E-state index contributed by atoms with van der Waals surface area (Å²) in [5, 5.41) is 3.68. The van der Waals surface area contributed by atoms with E-state index in [0.717, 1.165) is 13.1 Å². The molecule has 1 aromatic heterocycles. The quantitative estimate of drug-likeness (QED) is 0.837. The highest BCUT2D eigenvalue weighted by Gasteiger charge is 2.35. The molecule has 88 valence electrons. The standard InChI is InChI=1S/C13H21N3/c1-16(2)11-13(8-4-6-10-15-13)12-7-3-5-9-14-12/h3,5,7,9,15H,4,6,8,10-11H2,1-2H3. The smallest absolute Gasteiger partial charge is 0.0737 e. The highest BCUT2D eigenvalue weighted by atomic mass is 15.1. The van der Waals surface area contributed by atoms with Crippen molar-refractivity contribution < 1.29 is 0 Å². The molecule has 1 aromatic rings. The topological polar surface area (TPSA) is 28.2 Å². The molecule has 0 aliphatic carbocycles. The van der Waals surface area contributed by atoms with Crippen molar-refractivity contribution in [3.05, 3.63) is 30.1 Å². The summed E-state index contributed by atoms with van der Waals surface area (Å²) in [7, 11) is 4.25. The van der Waals surface area contributed by atoms with Crippen molar-refractivity contribution in [1.82, 2.24) is 15.2 Å². The van der Waals surface area contributed by atoms with E-state index < -0.39 is 0 Å². The third-order valence-corrected chi connectivity index (χ3v) is 3.24. The summed E-state index contributed by atoms with van der Waals surface area (Å²) < 4.78 is 0. The Labute approximate surface area is 97.9 Å². The first-order chi connectivity index (χ1) is 7.73. The minimum absolute atomic E-state index is 0.0585. The van der Waals surface area contributed by atoms with Crippen LogP contribution in [0.25, 0.3) is 0 Å². The van der Waals surface area contributed by atoms with Gasteiger partial charge in [0, 0.05) is 12.7 Å². The molecule has 1 unspecified atom stereocenters. The Bertz CT molecular complexity index is 315. The van der Waals surface area contributed by atoms with Crippen LogP contribution in [-0.2, 0) is 5.54 Å². The molecule has 1 N–H and O–H groups in total. The molecule has 1 aliphatic heterocycles. The minimum Gasteiger partial charge on any atom is -0.307 e. The zero-order valence-corrected chi connectivity index (χ0v) is 10.2. The average Bonchev–Trinajstić information content (AvgIpc) is 2.30. The van der Waals surface area contributed by atoms with Crippen LogP contribution in [0.5, 0.6) is 0 Å². The number of pyridine rings is 1. The molecule has 1 fully saturated rings. The Morgan fingerprint density at radius 2 is 2.25 bits per heavy atom. The van der Waals surface area contributed by atoms with E-state index in [4.69, 9.17) is 0 Å². The van der Waals surface area contributed by atoms with E-state index in [-0.39, 0.29) is 5.54 Å². The summed E-state index contributed by atoms with van der Waals surface area (Å²) in [6, 6.07) is 6.20. The molecule has 1 aliphatic rings. The molecule has 1 saturated heterocycles. The second-order valence-corrected chi connectivity index (χ2v) is 4.92. The fourth-order valence-corrected chi connectivity index (χ4v) is 2.59. The van der Waals surface area contributed by atoms with E-state index >= 15 is 0 Å². The lowest BCUT2D eigenvalue weighted by atomic mass is 9.85. The lowest BCUT2D eigenvalue weighted by molar-refractivity contribution is 0.185. The molecular weight excluding hydrogens is 198 g/mol. The normalized spacial score (nSPS) is 25.9. The van der Waals surface area contributed by atoms with Crippen LogP contribution in [0.3, 0.4) is 0 Å². The van der Waals surface area contributed by atoms with Gasteiger partial charge in [0.25, 0.3) is 0 Å². The van der Waals surface area contributed by atoms with E-state index in [0.29, 0.717) is 0 Å². The number of hydrogen-bond acceptors (Lipinski definition) is 3. The van der Waals surface area contributed by atoms with E-state index in [1.54, 1.807) is 0 Å².